The molecule has 1 aromatic carbocycles. The van der Waals surface area contributed by atoms with E-state index in [0.717, 1.165) is 6.54 Å². The molecule has 0 aliphatic rings. The second-order valence-electron chi connectivity index (χ2n) is 4.75. The molecule has 1 atom stereocenters. The van der Waals surface area contributed by atoms with E-state index >= 15 is 0 Å². The first-order valence-corrected chi connectivity index (χ1v) is 5.78. The molecule has 1 nitrogen and oxygen atoms in total. The molecule has 84 valence electrons. The molecule has 0 radical (unpaired) electrons. The second kappa shape index (κ2) is 5.32. The molecular weight excluding hydrogens is 182 g/mol. The molecule has 0 fully saturated rings. The zero-order valence-corrected chi connectivity index (χ0v) is 10.6. The van der Waals surface area contributed by atoms with Gasteiger partial charge in [-0.1, -0.05) is 32.0 Å². The van der Waals surface area contributed by atoms with E-state index < -0.39 is 0 Å². The molecule has 0 bridgehead atoms. The summed E-state index contributed by atoms with van der Waals surface area (Å²) in [7, 11) is 2.02. The fourth-order valence-electron chi connectivity index (χ4n) is 1.95. The van der Waals surface area contributed by atoms with Crippen LogP contribution in [-0.4, -0.2) is 13.6 Å². The smallest absolute Gasteiger partial charge is 0.00196 e. The van der Waals surface area contributed by atoms with Gasteiger partial charge >= 0.3 is 0 Å². The summed E-state index contributed by atoms with van der Waals surface area (Å²) >= 11 is 0. The summed E-state index contributed by atoms with van der Waals surface area (Å²) in [5, 5.41) is 3.28. The van der Waals surface area contributed by atoms with Crippen LogP contribution in [0.4, 0.5) is 0 Å². The summed E-state index contributed by atoms with van der Waals surface area (Å²) < 4.78 is 0. The van der Waals surface area contributed by atoms with E-state index in [-0.39, 0.29) is 0 Å². The third-order valence-corrected chi connectivity index (χ3v) is 3.19. The molecule has 0 saturated heterocycles. The van der Waals surface area contributed by atoms with Crippen LogP contribution in [0.5, 0.6) is 0 Å². The Bertz CT molecular complexity index is 315. The monoisotopic (exact) mass is 205 g/mol. The van der Waals surface area contributed by atoms with Crippen molar-refractivity contribution < 1.29 is 0 Å². The highest BCUT2D eigenvalue weighted by molar-refractivity contribution is 5.32. The topological polar surface area (TPSA) is 12.0 Å². The first-order chi connectivity index (χ1) is 7.06. The molecule has 1 unspecified atom stereocenters. The predicted octanol–water partition coefficient (Wildman–Crippen LogP) is 3.26. The van der Waals surface area contributed by atoms with Gasteiger partial charge in [0.2, 0.25) is 0 Å². The van der Waals surface area contributed by atoms with Crippen molar-refractivity contribution in [2.75, 3.05) is 13.6 Å². The van der Waals surface area contributed by atoms with Crippen LogP contribution in [0.3, 0.4) is 0 Å². The van der Waals surface area contributed by atoms with Crippen LogP contribution < -0.4 is 5.32 Å². The Morgan fingerprint density at radius 2 is 1.80 bits per heavy atom. The third kappa shape index (κ3) is 3.07. The lowest BCUT2D eigenvalue weighted by molar-refractivity contribution is 0.478. The molecule has 0 aliphatic heterocycles. The van der Waals surface area contributed by atoms with Crippen LogP contribution in [0.1, 0.15) is 36.5 Å². The number of rotatable bonds is 4. The van der Waals surface area contributed by atoms with E-state index in [2.05, 4.69) is 51.2 Å². The van der Waals surface area contributed by atoms with Crippen LogP contribution >= 0.6 is 0 Å². The van der Waals surface area contributed by atoms with E-state index in [1.165, 1.54) is 16.7 Å². The van der Waals surface area contributed by atoms with Gasteiger partial charge in [-0.25, -0.2) is 0 Å². The van der Waals surface area contributed by atoms with Crippen molar-refractivity contribution in [3.8, 4) is 0 Å². The molecule has 0 saturated carbocycles. The Morgan fingerprint density at radius 3 is 2.27 bits per heavy atom. The number of benzene rings is 1. The maximum absolute atomic E-state index is 3.28. The first-order valence-electron chi connectivity index (χ1n) is 5.78. The average molecular weight is 205 g/mol. The van der Waals surface area contributed by atoms with Gasteiger partial charge in [-0.3, -0.25) is 0 Å². The summed E-state index contributed by atoms with van der Waals surface area (Å²) in [5.41, 5.74) is 4.24. The molecule has 0 amide bonds. The van der Waals surface area contributed by atoms with Gasteiger partial charge in [0.25, 0.3) is 0 Å². The molecule has 1 aromatic rings. The van der Waals surface area contributed by atoms with Crippen molar-refractivity contribution in [1.82, 2.24) is 5.32 Å². The minimum atomic E-state index is 0.620. The van der Waals surface area contributed by atoms with Gasteiger partial charge in [-0.15, -0.1) is 0 Å². The van der Waals surface area contributed by atoms with Crippen molar-refractivity contribution in [3.05, 3.63) is 34.9 Å². The molecule has 1 heteroatoms. The SMILES string of the molecule is CNCC(c1ccc(C)c(C)c1)C(C)C. The van der Waals surface area contributed by atoms with Crippen LogP contribution in [0.15, 0.2) is 18.2 Å². The van der Waals surface area contributed by atoms with E-state index in [1.807, 2.05) is 7.05 Å². The van der Waals surface area contributed by atoms with E-state index in [0.29, 0.717) is 11.8 Å². The highest BCUT2D eigenvalue weighted by Crippen LogP contribution is 2.25. The number of aryl methyl sites for hydroxylation is 2. The second-order valence-corrected chi connectivity index (χ2v) is 4.75. The van der Waals surface area contributed by atoms with Crippen molar-refractivity contribution in [2.24, 2.45) is 5.92 Å². The van der Waals surface area contributed by atoms with Gasteiger partial charge in [0.05, 0.1) is 0 Å². The molecular formula is C14H23N. The van der Waals surface area contributed by atoms with Crippen molar-refractivity contribution in [1.29, 1.82) is 0 Å². The highest BCUT2D eigenvalue weighted by atomic mass is 14.8. The van der Waals surface area contributed by atoms with Gasteiger partial charge in [0.15, 0.2) is 0 Å². The van der Waals surface area contributed by atoms with Gasteiger partial charge < -0.3 is 5.32 Å². The summed E-state index contributed by atoms with van der Waals surface area (Å²) in [6.07, 6.45) is 0. The summed E-state index contributed by atoms with van der Waals surface area (Å²) in [6.45, 7) is 9.99. The largest absolute Gasteiger partial charge is 0.319 e. The number of likely N-dealkylation sites (N-methyl/N-ethyl adjacent to an activating group) is 1. The Morgan fingerprint density at radius 1 is 1.13 bits per heavy atom. The van der Waals surface area contributed by atoms with E-state index in [1.54, 1.807) is 0 Å². The molecule has 1 N–H and O–H groups in total. The first kappa shape index (κ1) is 12.3. The summed E-state index contributed by atoms with van der Waals surface area (Å²) in [4.78, 5) is 0. The number of hydrogen-bond donors (Lipinski definition) is 1. The highest BCUT2D eigenvalue weighted by Gasteiger charge is 2.14. The predicted molar refractivity (Wildman–Crippen MR) is 67.4 cm³/mol. The molecule has 1 rings (SSSR count). The lowest BCUT2D eigenvalue weighted by atomic mass is 9.87. The molecule has 0 aliphatic carbocycles. The zero-order chi connectivity index (χ0) is 11.4. The van der Waals surface area contributed by atoms with Crippen LogP contribution in [0.2, 0.25) is 0 Å². The molecule has 0 spiro atoms. The maximum Gasteiger partial charge on any atom is 0.00196 e. The van der Waals surface area contributed by atoms with Crippen LogP contribution in [0.25, 0.3) is 0 Å². The third-order valence-electron chi connectivity index (χ3n) is 3.19. The zero-order valence-electron chi connectivity index (χ0n) is 10.6. The number of nitrogens with one attached hydrogen (secondary N) is 1. The van der Waals surface area contributed by atoms with E-state index in [9.17, 15) is 0 Å². The summed E-state index contributed by atoms with van der Waals surface area (Å²) in [6, 6.07) is 6.83. The Balaban J connectivity index is 2.95. The Hall–Kier alpha value is -0.820. The standard InChI is InChI=1S/C14H23N/c1-10(2)14(9-15-5)13-7-6-11(3)12(4)8-13/h6-8,10,14-15H,9H2,1-5H3. The van der Waals surface area contributed by atoms with Gasteiger partial charge in [-0.05, 0) is 49.4 Å². The fourth-order valence-corrected chi connectivity index (χ4v) is 1.95. The van der Waals surface area contributed by atoms with Crippen molar-refractivity contribution in [2.45, 2.75) is 33.6 Å². The van der Waals surface area contributed by atoms with Crippen LogP contribution in [0, 0.1) is 19.8 Å². The number of hydrogen-bond acceptors (Lipinski definition) is 1. The lowest BCUT2D eigenvalue weighted by Crippen LogP contribution is -2.21. The van der Waals surface area contributed by atoms with Crippen molar-refractivity contribution in [3.63, 3.8) is 0 Å². The molecule has 15 heavy (non-hydrogen) atoms. The quantitative estimate of drug-likeness (QED) is 0.795. The van der Waals surface area contributed by atoms with Crippen molar-refractivity contribution >= 4 is 0 Å². The molecule has 0 aromatic heterocycles. The molecule has 0 heterocycles. The van der Waals surface area contributed by atoms with Gasteiger partial charge in [0, 0.05) is 6.54 Å². The minimum absolute atomic E-state index is 0.620. The van der Waals surface area contributed by atoms with Gasteiger partial charge in [-0.2, -0.15) is 0 Å². The Kier molecular flexibility index (Phi) is 4.34. The van der Waals surface area contributed by atoms with Crippen LogP contribution in [-0.2, 0) is 0 Å². The fraction of sp³-hybridized carbons (Fsp3) is 0.571. The van der Waals surface area contributed by atoms with E-state index in [4.69, 9.17) is 0 Å². The lowest BCUT2D eigenvalue weighted by Gasteiger charge is -2.21. The Labute approximate surface area is 93.9 Å². The summed E-state index contributed by atoms with van der Waals surface area (Å²) in [5.74, 6) is 1.30. The van der Waals surface area contributed by atoms with Gasteiger partial charge in [0.1, 0.15) is 0 Å². The maximum atomic E-state index is 3.28. The minimum Gasteiger partial charge on any atom is -0.319 e. The average Bonchev–Trinajstić information content (AvgIpc) is 2.18. The normalized spacial score (nSPS) is 13.2.